The smallest absolute Gasteiger partial charge is 0.251 e. The van der Waals surface area contributed by atoms with Crippen molar-refractivity contribution in [3.63, 3.8) is 0 Å². The third-order valence-corrected chi connectivity index (χ3v) is 4.51. The van der Waals surface area contributed by atoms with Crippen molar-refractivity contribution in [1.82, 2.24) is 5.32 Å². The highest BCUT2D eigenvalue weighted by Crippen LogP contribution is 2.48. The van der Waals surface area contributed by atoms with E-state index in [1.807, 2.05) is 49.4 Å². The maximum absolute atomic E-state index is 12.5. The molecule has 1 aliphatic heterocycles. The Kier molecular flexibility index (Phi) is 3.26. The van der Waals surface area contributed by atoms with E-state index in [0.29, 0.717) is 18.8 Å². The zero-order valence-electron chi connectivity index (χ0n) is 13.1. The summed E-state index contributed by atoms with van der Waals surface area (Å²) >= 11 is 0. The number of ether oxygens (including phenoxy) is 2. The molecule has 1 amide bonds. The van der Waals surface area contributed by atoms with Crippen LogP contribution in [0.25, 0.3) is 0 Å². The molecule has 4 nitrogen and oxygen atoms in total. The molecule has 0 radical (unpaired) electrons. The minimum atomic E-state index is -0.266. The van der Waals surface area contributed by atoms with Crippen LogP contribution >= 0.6 is 0 Å². The number of amides is 1. The number of rotatable bonds is 3. The van der Waals surface area contributed by atoms with Crippen molar-refractivity contribution in [3.8, 4) is 11.5 Å². The Morgan fingerprint density at radius 1 is 1.00 bits per heavy atom. The Hall–Kier alpha value is -2.49. The fourth-order valence-electron chi connectivity index (χ4n) is 2.95. The fourth-order valence-corrected chi connectivity index (χ4v) is 2.95. The Morgan fingerprint density at radius 2 is 1.70 bits per heavy atom. The van der Waals surface area contributed by atoms with Gasteiger partial charge in [-0.1, -0.05) is 23.8 Å². The second kappa shape index (κ2) is 5.30. The molecule has 118 valence electrons. The van der Waals surface area contributed by atoms with Crippen LogP contribution in [0, 0.1) is 6.92 Å². The van der Waals surface area contributed by atoms with E-state index in [4.69, 9.17) is 9.47 Å². The molecule has 1 saturated carbocycles. The van der Waals surface area contributed by atoms with Crippen LogP contribution in [0.1, 0.15) is 34.3 Å². The third-order valence-electron chi connectivity index (χ3n) is 4.51. The lowest BCUT2D eigenvalue weighted by molar-refractivity contribution is 0.0930. The largest absolute Gasteiger partial charge is 0.486 e. The van der Waals surface area contributed by atoms with Gasteiger partial charge in [0.1, 0.15) is 13.2 Å². The van der Waals surface area contributed by atoms with Gasteiger partial charge in [-0.2, -0.15) is 0 Å². The normalized spacial score (nSPS) is 17.4. The van der Waals surface area contributed by atoms with Crippen LogP contribution in [0.5, 0.6) is 11.5 Å². The molecule has 1 aliphatic carbocycles. The molecule has 2 aliphatic rings. The molecule has 0 bridgehead atoms. The van der Waals surface area contributed by atoms with E-state index in [1.165, 1.54) is 0 Å². The summed E-state index contributed by atoms with van der Waals surface area (Å²) in [6.45, 7) is 3.17. The molecule has 4 rings (SSSR count). The SMILES string of the molecule is Cc1ccc(C(=O)NC2(c3ccc4c(c3)OCCO4)CC2)cc1. The number of benzene rings is 2. The van der Waals surface area contributed by atoms with Crippen molar-refractivity contribution in [2.45, 2.75) is 25.3 Å². The molecule has 0 spiro atoms. The molecule has 2 aromatic rings. The van der Waals surface area contributed by atoms with Gasteiger partial charge in [-0.25, -0.2) is 0 Å². The second-order valence-electron chi connectivity index (χ2n) is 6.26. The van der Waals surface area contributed by atoms with Gasteiger partial charge >= 0.3 is 0 Å². The summed E-state index contributed by atoms with van der Waals surface area (Å²) in [4.78, 5) is 12.5. The van der Waals surface area contributed by atoms with E-state index in [0.717, 1.165) is 35.5 Å². The molecule has 0 aromatic heterocycles. The monoisotopic (exact) mass is 309 g/mol. The number of fused-ring (bicyclic) bond motifs is 1. The fraction of sp³-hybridized carbons (Fsp3) is 0.316. The van der Waals surface area contributed by atoms with E-state index in [-0.39, 0.29) is 11.4 Å². The van der Waals surface area contributed by atoms with Gasteiger partial charge in [-0.15, -0.1) is 0 Å². The average Bonchev–Trinajstić information content (AvgIpc) is 3.35. The van der Waals surface area contributed by atoms with Crippen LogP contribution in [0.15, 0.2) is 42.5 Å². The summed E-state index contributed by atoms with van der Waals surface area (Å²) in [6, 6.07) is 13.6. The Bertz CT molecular complexity index is 748. The van der Waals surface area contributed by atoms with Crippen LogP contribution in [-0.2, 0) is 5.54 Å². The molecule has 1 heterocycles. The van der Waals surface area contributed by atoms with Gasteiger partial charge in [-0.3, -0.25) is 4.79 Å². The van der Waals surface area contributed by atoms with Crippen LogP contribution in [0.4, 0.5) is 0 Å². The molecule has 2 aromatic carbocycles. The van der Waals surface area contributed by atoms with E-state index >= 15 is 0 Å². The van der Waals surface area contributed by atoms with Crippen molar-refractivity contribution in [1.29, 1.82) is 0 Å². The minimum absolute atomic E-state index is 0.0302. The summed E-state index contributed by atoms with van der Waals surface area (Å²) in [5.74, 6) is 1.52. The maximum Gasteiger partial charge on any atom is 0.251 e. The average molecular weight is 309 g/mol. The van der Waals surface area contributed by atoms with Crippen molar-refractivity contribution in [2.75, 3.05) is 13.2 Å². The van der Waals surface area contributed by atoms with Crippen LogP contribution in [0.2, 0.25) is 0 Å². The lowest BCUT2D eigenvalue weighted by Gasteiger charge is -2.22. The third kappa shape index (κ3) is 2.65. The van der Waals surface area contributed by atoms with Crippen LogP contribution in [-0.4, -0.2) is 19.1 Å². The van der Waals surface area contributed by atoms with Gasteiger partial charge in [0.2, 0.25) is 0 Å². The highest BCUT2D eigenvalue weighted by molar-refractivity contribution is 5.95. The Labute approximate surface area is 135 Å². The number of nitrogens with one attached hydrogen (secondary N) is 1. The molecule has 0 atom stereocenters. The molecule has 4 heteroatoms. The second-order valence-corrected chi connectivity index (χ2v) is 6.26. The summed E-state index contributed by atoms with van der Waals surface area (Å²) in [7, 11) is 0. The van der Waals surface area contributed by atoms with Gasteiger partial charge in [0.05, 0.1) is 5.54 Å². The topological polar surface area (TPSA) is 47.6 Å². The number of carbonyl (C=O) groups excluding carboxylic acids is 1. The van der Waals surface area contributed by atoms with Gasteiger partial charge < -0.3 is 14.8 Å². The van der Waals surface area contributed by atoms with Gasteiger partial charge in [0.15, 0.2) is 11.5 Å². The van der Waals surface area contributed by atoms with Crippen LogP contribution < -0.4 is 14.8 Å². The Balaban J connectivity index is 1.56. The number of aryl methyl sites for hydroxylation is 1. The first-order chi connectivity index (χ1) is 11.2. The van der Waals surface area contributed by atoms with Crippen molar-refractivity contribution in [3.05, 3.63) is 59.2 Å². The van der Waals surface area contributed by atoms with Crippen molar-refractivity contribution in [2.24, 2.45) is 0 Å². The van der Waals surface area contributed by atoms with Crippen molar-refractivity contribution < 1.29 is 14.3 Å². The lowest BCUT2D eigenvalue weighted by Crippen LogP contribution is -2.35. The predicted octanol–water partition coefficient (Wildman–Crippen LogP) is 3.19. The maximum atomic E-state index is 12.5. The minimum Gasteiger partial charge on any atom is -0.486 e. The Morgan fingerprint density at radius 3 is 2.39 bits per heavy atom. The summed E-state index contributed by atoms with van der Waals surface area (Å²) in [5, 5.41) is 3.19. The zero-order chi connectivity index (χ0) is 15.9. The van der Waals surface area contributed by atoms with Crippen LogP contribution in [0.3, 0.4) is 0 Å². The first kappa shape index (κ1) is 14.1. The highest BCUT2D eigenvalue weighted by Gasteiger charge is 2.46. The number of hydrogen-bond donors (Lipinski definition) is 1. The zero-order valence-corrected chi connectivity index (χ0v) is 13.1. The van der Waals surface area contributed by atoms with Gasteiger partial charge in [0, 0.05) is 5.56 Å². The first-order valence-corrected chi connectivity index (χ1v) is 7.96. The number of carbonyl (C=O) groups is 1. The summed E-state index contributed by atoms with van der Waals surface area (Å²) in [6.07, 6.45) is 1.90. The molecular formula is C19H19NO3. The molecule has 0 saturated heterocycles. The highest BCUT2D eigenvalue weighted by atomic mass is 16.6. The molecule has 1 N–H and O–H groups in total. The standard InChI is InChI=1S/C19H19NO3/c1-13-2-4-14(5-3-13)18(21)20-19(8-9-19)15-6-7-16-17(12-15)23-11-10-22-16/h2-7,12H,8-11H2,1H3,(H,20,21). The molecular weight excluding hydrogens is 290 g/mol. The van der Waals surface area contributed by atoms with E-state index in [9.17, 15) is 4.79 Å². The quantitative estimate of drug-likeness (QED) is 0.947. The van der Waals surface area contributed by atoms with Gasteiger partial charge in [-0.05, 0) is 49.6 Å². The molecule has 0 unspecified atom stereocenters. The first-order valence-electron chi connectivity index (χ1n) is 7.96. The summed E-state index contributed by atoms with van der Waals surface area (Å²) in [5.41, 5.74) is 2.66. The molecule has 1 fully saturated rings. The predicted molar refractivity (Wildman–Crippen MR) is 87.0 cm³/mol. The molecule has 23 heavy (non-hydrogen) atoms. The van der Waals surface area contributed by atoms with Gasteiger partial charge in [0.25, 0.3) is 5.91 Å². The lowest BCUT2D eigenvalue weighted by atomic mass is 10.0. The van der Waals surface area contributed by atoms with Crippen molar-refractivity contribution >= 4 is 5.91 Å². The van der Waals surface area contributed by atoms with E-state index in [1.54, 1.807) is 0 Å². The van der Waals surface area contributed by atoms with E-state index in [2.05, 4.69) is 5.32 Å². The van der Waals surface area contributed by atoms with E-state index < -0.39 is 0 Å². The number of hydrogen-bond acceptors (Lipinski definition) is 3. The summed E-state index contributed by atoms with van der Waals surface area (Å²) < 4.78 is 11.2.